The molecule has 1 aromatic heterocycles. The van der Waals surface area contributed by atoms with Gasteiger partial charge in [-0.3, -0.25) is 9.89 Å². The van der Waals surface area contributed by atoms with Gasteiger partial charge >= 0.3 is 6.03 Å². The third-order valence-electron chi connectivity index (χ3n) is 4.36. The maximum absolute atomic E-state index is 12.9. The number of nitrogens with one attached hydrogen (secondary N) is 2. The number of carbonyl (C=O) groups excluding carboxylic acids is 2. The number of H-pyrrole nitrogens is 1. The molecule has 120 valence electrons. The highest BCUT2D eigenvalue weighted by molar-refractivity contribution is 6.25. The molecule has 6 nitrogen and oxygen atoms in total. The summed E-state index contributed by atoms with van der Waals surface area (Å²) in [4.78, 5) is 24.1. The zero-order chi connectivity index (χ0) is 16.6. The van der Waals surface area contributed by atoms with E-state index in [1.165, 1.54) is 0 Å². The number of aromatic nitrogens is 2. The number of primary amides is 1. The molecule has 3 rings (SSSR count). The van der Waals surface area contributed by atoms with Gasteiger partial charge in [-0.15, -0.1) is 0 Å². The van der Waals surface area contributed by atoms with Crippen molar-refractivity contribution in [2.45, 2.75) is 39.0 Å². The highest BCUT2D eigenvalue weighted by Gasteiger charge is 2.36. The lowest BCUT2D eigenvalue weighted by Crippen LogP contribution is -2.20. The number of fused-ring (bicyclic) bond motifs is 3. The van der Waals surface area contributed by atoms with Crippen LogP contribution in [0.4, 0.5) is 10.5 Å². The number of anilines is 1. The molecule has 0 fully saturated rings. The van der Waals surface area contributed by atoms with Crippen LogP contribution >= 0.6 is 0 Å². The summed E-state index contributed by atoms with van der Waals surface area (Å²) < 4.78 is 0. The van der Waals surface area contributed by atoms with Crippen molar-refractivity contribution in [2.75, 3.05) is 5.32 Å². The van der Waals surface area contributed by atoms with Crippen molar-refractivity contribution in [3.63, 3.8) is 0 Å². The summed E-state index contributed by atoms with van der Waals surface area (Å²) in [5.74, 6) is 0.180. The first-order valence-corrected chi connectivity index (χ1v) is 7.91. The van der Waals surface area contributed by atoms with E-state index in [1.54, 1.807) is 12.1 Å². The number of hydrogen-bond acceptors (Lipinski definition) is 3. The molecule has 0 radical (unpaired) electrons. The summed E-state index contributed by atoms with van der Waals surface area (Å²) in [6, 6.07) is 4.62. The van der Waals surface area contributed by atoms with Crippen LogP contribution in [0, 0.1) is 0 Å². The van der Waals surface area contributed by atoms with Gasteiger partial charge in [-0.2, -0.15) is 5.10 Å². The van der Waals surface area contributed by atoms with E-state index in [0.29, 0.717) is 22.5 Å². The monoisotopic (exact) mass is 312 g/mol. The Morgan fingerprint density at radius 1 is 1.35 bits per heavy atom. The minimum absolute atomic E-state index is 0.0994. The van der Waals surface area contributed by atoms with Gasteiger partial charge in [-0.1, -0.05) is 32.4 Å². The molecular formula is C17H20N4O2. The minimum Gasteiger partial charge on any atom is -0.351 e. The predicted molar refractivity (Wildman–Crippen MR) is 88.6 cm³/mol. The van der Waals surface area contributed by atoms with Crippen molar-refractivity contribution >= 4 is 17.5 Å². The zero-order valence-corrected chi connectivity index (χ0v) is 13.3. The van der Waals surface area contributed by atoms with Crippen LogP contribution in [0.15, 0.2) is 18.2 Å². The molecule has 1 aromatic carbocycles. The van der Waals surface area contributed by atoms with E-state index in [1.807, 2.05) is 6.07 Å². The minimum atomic E-state index is -0.685. The van der Waals surface area contributed by atoms with Gasteiger partial charge in [0.05, 0.1) is 22.5 Å². The number of nitrogens with zero attached hydrogens (tertiary/aromatic N) is 1. The molecule has 1 aliphatic rings. The zero-order valence-electron chi connectivity index (χ0n) is 13.3. The number of hydrogen-bond donors (Lipinski definition) is 3. The fourth-order valence-corrected chi connectivity index (χ4v) is 3.33. The molecule has 0 spiro atoms. The van der Waals surface area contributed by atoms with E-state index in [-0.39, 0.29) is 11.7 Å². The third-order valence-corrected chi connectivity index (χ3v) is 4.36. The molecule has 23 heavy (non-hydrogen) atoms. The van der Waals surface area contributed by atoms with E-state index >= 15 is 0 Å². The molecule has 0 aliphatic heterocycles. The molecule has 1 atom stereocenters. The lowest BCUT2D eigenvalue weighted by molar-refractivity contribution is 0.104. The number of carbonyl (C=O) groups is 2. The number of benzene rings is 1. The highest BCUT2D eigenvalue weighted by atomic mass is 16.2. The van der Waals surface area contributed by atoms with Crippen LogP contribution in [0.1, 0.15) is 60.6 Å². The summed E-state index contributed by atoms with van der Waals surface area (Å²) in [6.45, 7) is 4.24. The Labute approximate surface area is 134 Å². The summed E-state index contributed by atoms with van der Waals surface area (Å²) in [7, 11) is 0. The smallest absolute Gasteiger partial charge is 0.316 e. The van der Waals surface area contributed by atoms with E-state index in [9.17, 15) is 9.59 Å². The first-order valence-electron chi connectivity index (χ1n) is 7.91. The predicted octanol–water partition coefficient (Wildman–Crippen LogP) is 3.41. The largest absolute Gasteiger partial charge is 0.351 e. The number of rotatable bonds is 5. The normalized spacial score (nSPS) is 13.6. The average Bonchev–Trinajstić information content (AvgIpc) is 3.06. The van der Waals surface area contributed by atoms with Crippen molar-refractivity contribution in [3.8, 4) is 11.3 Å². The SMILES string of the molecule is CCCC(CC)c1[nH]nc2c1C(=O)c1c(NC(N)=O)cccc1-2. The summed E-state index contributed by atoms with van der Waals surface area (Å²) in [5, 5.41) is 9.96. The van der Waals surface area contributed by atoms with Crippen molar-refractivity contribution < 1.29 is 9.59 Å². The highest BCUT2D eigenvalue weighted by Crippen LogP contribution is 2.42. The molecule has 2 amide bonds. The molecule has 0 saturated carbocycles. The Bertz CT molecular complexity index is 779. The second kappa shape index (κ2) is 5.87. The van der Waals surface area contributed by atoms with Crippen LogP contribution < -0.4 is 11.1 Å². The molecule has 0 saturated heterocycles. The van der Waals surface area contributed by atoms with Crippen molar-refractivity contribution in [1.82, 2.24) is 10.2 Å². The molecular weight excluding hydrogens is 292 g/mol. The number of urea groups is 1. The fourth-order valence-electron chi connectivity index (χ4n) is 3.33. The number of aromatic amines is 1. The van der Waals surface area contributed by atoms with Gasteiger partial charge in [0.2, 0.25) is 0 Å². The van der Waals surface area contributed by atoms with Crippen LogP contribution in [0.5, 0.6) is 0 Å². The maximum Gasteiger partial charge on any atom is 0.316 e. The molecule has 2 aromatic rings. The third kappa shape index (κ3) is 2.40. The van der Waals surface area contributed by atoms with Gasteiger partial charge in [-0.25, -0.2) is 4.79 Å². The van der Waals surface area contributed by atoms with Gasteiger partial charge in [0, 0.05) is 11.5 Å². The van der Waals surface area contributed by atoms with Crippen LogP contribution in [-0.4, -0.2) is 22.0 Å². The van der Waals surface area contributed by atoms with Crippen molar-refractivity contribution in [2.24, 2.45) is 5.73 Å². The van der Waals surface area contributed by atoms with Crippen molar-refractivity contribution in [3.05, 3.63) is 35.0 Å². The summed E-state index contributed by atoms with van der Waals surface area (Å²) in [6.07, 6.45) is 2.99. The van der Waals surface area contributed by atoms with E-state index < -0.39 is 6.03 Å². The lowest BCUT2D eigenvalue weighted by atomic mass is 9.93. The molecule has 0 bridgehead atoms. The number of amides is 2. The Morgan fingerprint density at radius 2 is 2.13 bits per heavy atom. The first kappa shape index (κ1) is 15.3. The van der Waals surface area contributed by atoms with Crippen LogP contribution in [0.2, 0.25) is 0 Å². The molecule has 4 N–H and O–H groups in total. The van der Waals surface area contributed by atoms with Gasteiger partial charge in [0.15, 0.2) is 5.78 Å². The topological polar surface area (TPSA) is 101 Å². The Morgan fingerprint density at radius 3 is 2.78 bits per heavy atom. The fraction of sp³-hybridized carbons (Fsp3) is 0.353. The average molecular weight is 312 g/mol. The van der Waals surface area contributed by atoms with Gasteiger partial charge in [0.1, 0.15) is 5.69 Å². The lowest BCUT2D eigenvalue weighted by Gasteiger charge is -2.13. The van der Waals surface area contributed by atoms with Gasteiger partial charge in [0.25, 0.3) is 0 Å². The molecule has 6 heteroatoms. The van der Waals surface area contributed by atoms with Crippen molar-refractivity contribution in [1.29, 1.82) is 0 Å². The Balaban J connectivity index is 2.10. The number of ketones is 1. The molecule has 1 unspecified atom stereocenters. The van der Waals surface area contributed by atoms with Crippen LogP contribution in [0.3, 0.4) is 0 Å². The Hall–Kier alpha value is -2.63. The van der Waals surface area contributed by atoms with Gasteiger partial charge < -0.3 is 11.1 Å². The second-order valence-electron chi connectivity index (χ2n) is 5.80. The Kier molecular flexibility index (Phi) is 3.90. The molecule has 1 aliphatic carbocycles. The quantitative estimate of drug-likeness (QED) is 0.673. The summed E-state index contributed by atoms with van der Waals surface area (Å²) >= 11 is 0. The molecule has 1 heterocycles. The summed E-state index contributed by atoms with van der Waals surface area (Å²) in [5.41, 5.74) is 9.06. The van der Waals surface area contributed by atoms with E-state index in [2.05, 4.69) is 29.4 Å². The second-order valence-corrected chi connectivity index (χ2v) is 5.80. The van der Waals surface area contributed by atoms with Crippen LogP contribution in [0.25, 0.3) is 11.3 Å². The van der Waals surface area contributed by atoms with E-state index in [0.717, 1.165) is 30.5 Å². The standard InChI is InChI=1S/C17H20N4O2/c1-3-6-9(4-2)14-13-15(21-20-14)10-7-5-8-11(19-17(18)23)12(10)16(13)22/h5,7-9H,3-4,6H2,1-2H3,(H,20,21)(H3,18,19,23). The van der Waals surface area contributed by atoms with Crippen LogP contribution in [-0.2, 0) is 0 Å². The maximum atomic E-state index is 12.9. The first-order chi connectivity index (χ1) is 11.1. The van der Waals surface area contributed by atoms with Gasteiger partial charge in [-0.05, 0) is 18.9 Å². The van der Waals surface area contributed by atoms with E-state index in [4.69, 9.17) is 5.73 Å². The number of nitrogens with two attached hydrogens (primary N) is 1.